The van der Waals surface area contributed by atoms with Gasteiger partial charge in [0.25, 0.3) is 5.91 Å². The van der Waals surface area contributed by atoms with Crippen molar-refractivity contribution in [1.29, 1.82) is 0 Å². The number of aromatic nitrogens is 1. The van der Waals surface area contributed by atoms with Crippen LogP contribution in [0.4, 0.5) is 23.7 Å². The van der Waals surface area contributed by atoms with Gasteiger partial charge < -0.3 is 14.4 Å². The molecule has 3 rings (SSSR count). The third-order valence-corrected chi connectivity index (χ3v) is 7.90. The third kappa shape index (κ3) is 10.2. The second-order valence-corrected chi connectivity index (χ2v) is 13.2. The van der Waals surface area contributed by atoms with Crippen molar-refractivity contribution in [3.05, 3.63) is 53.3 Å². The van der Waals surface area contributed by atoms with Crippen LogP contribution in [0, 0.1) is 0 Å². The minimum Gasteiger partial charge on any atom is -0.492 e. The highest BCUT2D eigenvalue weighted by Gasteiger charge is 2.45. The number of alkyl halides is 3. The fourth-order valence-electron chi connectivity index (χ4n) is 4.56. The van der Waals surface area contributed by atoms with Crippen LogP contribution in [0.1, 0.15) is 63.2 Å². The Labute approximate surface area is 254 Å². The normalized spacial score (nSPS) is 14.4. The average Bonchev–Trinajstić information content (AvgIpc) is 3.44. The summed E-state index contributed by atoms with van der Waals surface area (Å²) < 4.78 is 73.5. The number of nitrogens with zero attached hydrogens (tertiary/aromatic N) is 3. The molecule has 0 unspecified atom stereocenters. The number of rotatable bonds is 12. The molecule has 1 N–H and O–H groups in total. The Morgan fingerprint density at radius 3 is 2.33 bits per heavy atom. The summed E-state index contributed by atoms with van der Waals surface area (Å²) in [6.07, 6.45) is 5.73. The van der Waals surface area contributed by atoms with Crippen molar-refractivity contribution < 1.29 is 40.7 Å². The van der Waals surface area contributed by atoms with Crippen molar-refractivity contribution >= 4 is 39.3 Å². The number of carbonyl (C=O) groups is 2. The van der Waals surface area contributed by atoms with Crippen LogP contribution in [0.15, 0.2) is 42.7 Å². The minimum absolute atomic E-state index is 0.0169. The lowest BCUT2D eigenvalue weighted by Gasteiger charge is -2.29. The van der Waals surface area contributed by atoms with Gasteiger partial charge >= 0.3 is 21.6 Å². The van der Waals surface area contributed by atoms with Gasteiger partial charge in [-0.1, -0.05) is 24.4 Å². The topological polar surface area (TPSA) is 118 Å². The molecular formula is C28H36ClF3N4O6S. The molecule has 0 radical (unpaired) electrons. The van der Waals surface area contributed by atoms with E-state index in [1.807, 2.05) is 0 Å². The Hall–Kier alpha value is -3.10. The van der Waals surface area contributed by atoms with E-state index in [1.165, 1.54) is 27.8 Å². The van der Waals surface area contributed by atoms with E-state index in [4.69, 9.17) is 21.1 Å². The summed E-state index contributed by atoms with van der Waals surface area (Å²) in [4.78, 5) is 33.4. The van der Waals surface area contributed by atoms with Gasteiger partial charge in [-0.3, -0.25) is 14.7 Å². The second-order valence-electron chi connectivity index (χ2n) is 11.0. The molecule has 238 valence electrons. The summed E-state index contributed by atoms with van der Waals surface area (Å²) in [5, 5.41) is 0.225. The number of sulfonamides is 1. The van der Waals surface area contributed by atoms with E-state index in [-0.39, 0.29) is 48.5 Å². The molecule has 0 saturated heterocycles. The molecule has 2 amide bonds. The number of halogens is 4. The molecule has 2 aromatic rings. The Bertz CT molecular complexity index is 1350. The van der Waals surface area contributed by atoms with Crippen molar-refractivity contribution in [3.8, 4) is 5.75 Å². The van der Waals surface area contributed by atoms with Crippen LogP contribution in [-0.4, -0.2) is 73.7 Å². The van der Waals surface area contributed by atoms with Crippen molar-refractivity contribution in [2.45, 2.75) is 70.0 Å². The fraction of sp³-hybridized carbons (Fsp3) is 0.536. The Morgan fingerprint density at radius 2 is 1.72 bits per heavy atom. The summed E-state index contributed by atoms with van der Waals surface area (Å²) in [5.41, 5.74) is -5.37. The molecule has 0 bridgehead atoms. The number of pyridine rings is 1. The van der Waals surface area contributed by atoms with Crippen molar-refractivity contribution in [3.63, 3.8) is 0 Å². The molecule has 1 fully saturated rings. The Morgan fingerprint density at radius 1 is 1.07 bits per heavy atom. The van der Waals surface area contributed by atoms with Crippen LogP contribution >= 0.6 is 11.6 Å². The summed E-state index contributed by atoms with van der Waals surface area (Å²) in [7, 11) is -5.47. The lowest BCUT2D eigenvalue weighted by molar-refractivity contribution is -0.0448. The fourth-order valence-corrected chi connectivity index (χ4v) is 5.36. The smallest absolute Gasteiger partial charge is 0.492 e. The van der Waals surface area contributed by atoms with Crippen LogP contribution < -0.4 is 14.4 Å². The molecule has 1 heterocycles. The molecule has 43 heavy (non-hydrogen) atoms. The second kappa shape index (κ2) is 14.6. The van der Waals surface area contributed by atoms with E-state index in [1.54, 1.807) is 50.2 Å². The molecule has 1 saturated carbocycles. The lowest BCUT2D eigenvalue weighted by Crippen LogP contribution is -2.42. The summed E-state index contributed by atoms with van der Waals surface area (Å²) in [6, 6.07) is 7.67. The predicted octanol–water partition coefficient (Wildman–Crippen LogP) is 5.77. The Kier molecular flexibility index (Phi) is 11.7. The largest absolute Gasteiger partial charge is 0.511 e. The first-order chi connectivity index (χ1) is 20.1. The first-order valence-electron chi connectivity index (χ1n) is 13.8. The highest BCUT2D eigenvalue weighted by atomic mass is 35.5. The molecule has 10 nitrogen and oxygen atoms in total. The van der Waals surface area contributed by atoms with E-state index in [2.05, 4.69) is 4.98 Å². The SMILES string of the molecule is CC(C)(C)OC(=O)N(CCOc1cc(Cl)cc(C(=O)N(CCCNS(=O)(=O)C(F)(F)F)C2CCCC2)c1)c1ccncc1. The zero-order chi connectivity index (χ0) is 31.8. The van der Waals surface area contributed by atoms with Gasteiger partial charge in [0.05, 0.1) is 12.2 Å². The van der Waals surface area contributed by atoms with Crippen LogP contribution in [-0.2, 0) is 14.8 Å². The minimum atomic E-state index is -5.47. The van der Waals surface area contributed by atoms with Crippen LogP contribution in [0.25, 0.3) is 0 Å². The number of hydrogen-bond acceptors (Lipinski definition) is 7. The van der Waals surface area contributed by atoms with Crippen LogP contribution in [0.2, 0.25) is 5.02 Å². The van der Waals surface area contributed by atoms with Gasteiger partial charge in [-0.15, -0.1) is 0 Å². The van der Waals surface area contributed by atoms with Crippen LogP contribution in [0.5, 0.6) is 5.75 Å². The predicted molar refractivity (Wildman–Crippen MR) is 156 cm³/mol. The molecule has 0 atom stereocenters. The van der Waals surface area contributed by atoms with Gasteiger partial charge in [0, 0.05) is 42.1 Å². The van der Waals surface area contributed by atoms with Gasteiger partial charge in [-0.25, -0.2) is 17.9 Å². The molecule has 15 heteroatoms. The summed E-state index contributed by atoms with van der Waals surface area (Å²) in [5.74, 6) is -0.121. The van der Waals surface area contributed by atoms with Crippen molar-refractivity contribution in [2.75, 3.05) is 31.1 Å². The standard InChI is InChI=1S/C28H36ClF3N4O6S/c1-27(2,3)42-26(38)36(23-9-12-33-13-10-23)15-16-41-24-18-20(17-21(29)19-24)25(37)35(22-7-4-5-8-22)14-6-11-34-43(39,40)28(30,31)32/h9-10,12-13,17-19,22,34H,4-8,11,14-16H2,1-3H3. The van der Waals surface area contributed by atoms with E-state index in [0.717, 1.165) is 25.7 Å². The number of amides is 2. The first-order valence-corrected chi connectivity index (χ1v) is 15.6. The van der Waals surface area contributed by atoms with E-state index >= 15 is 0 Å². The maximum absolute atomic E-state index is 13.6. The van der Waals surface area contributed by atoms with E-state index < -0.39 is 39.7 Å². The number of ether oxygens (including phenoxy) is 2. The zero-order valence-corrected chi connectivity index (χ0v) is 25.8. The van der Waals surface area contributed by atoms with Gasteiger partial charge in [0.1, 0.15) is 18.0 Å². The molecular weight excluding hydrogens is 613 g/mol. The first kappa shape index (κ1) is 34.4. The van der Waals surface area contributed by atoms with E-state index in [9.17, 15) is 31.2 Å². The number of nitrogens with one attached hydrogen (secondary N) is 1. The Balaban J connectivity index is 1.70. The summed E-state index contributed by atoms with van der Waals surface area (Å²) >= 11 is 6.31. The molecule has 1 aromatic carbocycles. The third-order valence-electron chi connectivity index (χ3n) is 6.49. The lowest BCUT2D eigenvalue weighted by atomic mass is 10.1. The molecule has 1 aliphatic rings. The maximum Gasteiger partial charge on any atom is 0.511 e. The molecule has 1 aromatic heterocycles. The van der Waals surface area contributed by atoms with Gasteiger partial charge in [0.15, 0.2) is 0 Å². The summed E-state index contributed by atoms with van der Waals surface area (Å²) in [6.45, 7) is 4.97. The quantitative estimate of drug-likeness (QED) is 0.290. The van der Waals surface area contributed by atoms with Crippen molar-refractivity contribution in [1.82, 2.24) is 14.6 Å². The molecule has 1 aliphatic carbocycles. The average molecular weight is 649 g/mol. The van der Waals surface area contributed by atoms with Gasteiger partial charge in [-0.2, -0.15) is 13.2 Å². The number of hydrogen-bond donors (Lipinski definition) is 1. The zero-order valence-electron chi connectivity index (χ0n) is 24.2. The highest BCUT2D eigenvalue weighted by molar-refractivity contribution is 7.90. The molecule has 0 aliphatic heterocycles. The highest BCUT2D eigenvalue weighted by Crippen LogP contribution is 2.28. The maximum atomic E-state index is 13.6. The number of benzene rings is 1. The monoisotopic (exact) mass is 648 g/mol. The van der Waals surface area contributed by atoms with Crippen LogP contribution in [0.3, 0.4) is 0 Å². The number of carbonyl (C=O) groups excluding carboxylic acids is 2. The van der Waals surface area contributed by atoms with Gasteiger partial charge in [0.2, 0.25) is 0 Å². The van der Waals surface area contributed by atoms with E-state index in [0.29, 0.717) is 5.69 Å². The molecule has 0 spiro atoms. The van der Waals surface area contributed by atoms with Crippen molar-refractivity contribution in [2.24, 2.45) is 0 Å². The number of anilines is 1. The van der Waals surface area contributed by atoms with Gasteiger partial charge in [-0.05, 0) is 70.4 Å².